The van der Waals surface area contributed by atoms with Crippen molar-refractivity contribution in [2.75, 3.05) is 26.8 Å². The van der Waals surface area contributed by atoms with Crippen LogP contribution in [0, 0.1) is 0 Å². The molecule has 0 saturated heterocycles. The normalized spacial score (nSPS) is 9.57. The van der Waals surface area contributed by atoms with Crippen LogP contribution in [-0.4, -0.2) is 38.6 Å². The van der Waals surface area contributed by atoms with Crippen LogP contribution in [0.15, 0.2) is 0 Å². The van der Waals surface area contributed by atoms with E-state index in [0.717, 1.165) is 0 Å². The number of amides is 2. The molecule has 0 atom stereocenters. The first-order valence-electron chi connectivity index (χ1n) is 4.67. The van der Waals surface area contributed by atoms with Crippen LogP contribution < -0.4 is 10.6 Å². The molecule has 0 heterocycles. The predicted octanol–water partition coefficient (Wildman–Crippen LogP) is -0.335. The SMILES string of the molecule is COCCNC(=O)CCCNC(C)=O. The lowest BCUT2D eigenvalue weighted by Crippen LogP contribution is -2.28. The van der Waals surface area contributed by atoms with Gasteiger partial charge in [0.2, 0.25) is 11.8 Å². The second kappa shape index (κ2) is 8.50. The average molecular weight is 202 g/mol. The van der Waals surface area contributed by atoms with Crippen molar-refractivity contribution in [3.63, 3.8) is 0 Å². The van der Waals surface area contributed by atoms with Gasteiger partial charge in [-0.3, -0.25) is 9.59 Å². The number of hydrogen-bond acceptors (Lipinski definition) is 3. The summed E-state index contributed by atoms with van der Waals surface area (Å²) in [6, 6.07) is 0. The molecule has 0 spiro atoms. The Morgan fingerprint density at radius 2 is 1.93 bits per heavy atom. The summed E-state index contributed by atoms with van der Waals surface area (Å²) in [5.41, 5.74) is 0. The number of carbonyl (C=O) groups excluding carboxylic acids is 2. The molecule has 5 heteroatoms. The summed E-state index contributed by atoms with van der Waals surface area (Å²) in [7, 11) is 1.59. The van der Waals surface area contributed by atoms with Crippen molar-refractivity contribution >= 4 is 11.8 Å². The monoisotopic (exact) mass is 202 g/mol. The van der Waals surface area contributed by atoms with Crippen molar-refractivity contribution in [3.8, 4) is 0 Å². The van der Waals surface area contributed by atoms with E-state index < -0.39 is 0 Å². The van der Waals surface area contributed by atoms with Crippen LogP contribution in [-0.2, 0) is 14.3 Å². The first kappa shape index (κ1) is 12.9. The standard InChI is InChI=1S/C9H18N2O3/c1-8(12)10-5-3-4-9(13)11-6-7-14-2/h3-7H2,1-2H3,(H,10,12)(H,11,13). The van der Waals surface area contributed by atoms with Gasteiger partial charge in [0.05, 0.1) is 6.61 Å². The van der Waals surface area contributed by atoms with E-state index >= 15 is 0 Å². The van der Waals surface area contributed by atoms with Crippen LogP contribution >= 0.6 is 0 Å². The van der Waals surface area contributed by atoms with Gasteiger partial charge in [0, 0.05) is 33.5 Å². The Hall–Kier alpha value is -1.10. The highest BCUT2D eigenvalue weighted by Gasteiger charge is 1.99. The zero-order valence-electron chi connectivity index (χ0n) is 8.76. The van der Waals surface area contributed by atoms with Gasteiger partial charge in [-0.2, -0.15) is 0 Å². The molecular formula is C9H18N2O3. The third kappa shape index (κ3) is 8.99. The molecule has 0 aliphatic rings. The van der Waals surface area contributed by atoms with Crippen LogP contribution in [0.2, 0.25) is 0 Å². The van der Waals surface area contributed by atoms with Crippen LogP contribution in [0.3, 0.4) is 0 Å². The average Bonchev–Trinajstić information content (AvgIpc) is 2.13. The fourth-order valence-corrected chi connectivity index (χ4v) is 0.894. The molecule has 14 heavy (non-hydrogen) atoms. The maximum absolute atomic E-state index is 11.1. The van der Waals surface area contributed by atoms with Gasteiger partial charge in [0.1, 0.15) is 0 Å². The fourth-order valence-electron chi connectivity index (χ4n) is 0.894. The maximum Gasteiger partial charge on any atom is 0.220 e. The molecule has 0 radical (unpaired) electrons. The van der Waals surface area contributed by atoms with E-state index in [0.29, 0.717) is 32.5 Å². The molecule has 0 rings (SSSR count). The Morgan fingerprint density at radius 1 is 1.21 bits per heavy atom. The Morgan fingerprint density at radius 3 is 2.50 bits per heavy atom. The van der Waals surface area contributed by atoms with E-state index in [1.54, 1.807) is 7.11 Å². The Labute approximate surface area is 84.2 Å². The summed E-state index contributed by atoms with van der Waals surface area (Å²) in [5.74, 6) is -0.0720. The lowest BCUT2D eigenvalue weighted by Gasteiger charge is -2.04. The third-order valence-corrected chi connectivity index (χ3v) is 1.58. The molecule has 0 aliphatic heterocycles. The Bertz CT molecular complexity index is 183. The highest BCUT2D eigenvalue weighted by molar-refractivity contribution is 5.76. The summed E-state index contributed by atoms with van der Waals surface area (Å²) < 4.78 is 4.78. The highest BCUT2D eigenvalue weighted by Crippen LogP contribution is 1.86. The van der Waals surface area contributed by atoms with Crippen LogP contribution in [0.4, 0.5) is 0 Å². The molecule has 0 aromatic rings. The molecule has 82 valence electrons. The molecule has 0 fully saturated rings. The first-order valence-corrected chi connectivity index (χ1v) is 4.67. The number of rotatable bonds is 7. The van der Waals surface area contributed by atoms with Crippen LogP contribution in [0.1, 0.15) is 19.8 Å². The lowest BCUT2D eigenvalue weighted by atomic mass is 10.3. The van der Waals surface area contributed by atoms with E-state index in [2.05, 4.69) is 10.6 Å². The van der Waals surface area contributed by atoms with E-state index in [1.807, 2.05) is 0 Å². The topological polar surface area (TPSA) is 67.4 Å². The van der Waals surface area contributed by atoms with Crippen molar-refractivity contribution in [2.24, 2.45) is 0 Å². The van der Waals surface area contributed by atoms with Crippen molar-refractivity contribution in [1.29, 1.82) is 0 Å². The largest absolute Gasteiger partial charge is 0.383 e. The number of methoxy groups -OCH3 is 1. The minimum absolute atomic E-state index is 0.00704. The van der Waals surface area contributed by atoms with Gasteiger partial charge in [-0.1, -0.05) is 0 Å². The molecule has 0 unspecified atom stereocenters. The minimum atomic E-state index is -0.0650. The van der Waals surface area contributed by atoms with Gasteiger partial charge in [0.15, 0.2) is 0 Å². The summed E-state index contributed by atoms with van der Waals surface area (Å²) in [5, 5.41) is 5.32. The van der Waals surface area contributed by atoms with Crippen molar-refractivity contribution < 1.29 is 14.3 Å². The fraction of sp³-hybridized carbons (Fsp3) is 0.778. The Balaban J connectivity index is 3.22. The molecule has 2 N–H and O–H groups in total. The third-order valence-electron chi connectivity index (χ3n) is 1.58. The minimum Gasteiger partial charge on any atom is -0.383 e. The second-order valence-corrected chi connectivity index (χ2v) is 2.93. The predicted molar refractivity (Wildman–Crippen MR) is 52.8 cm³/mol. The zero-order chi connectivity index (χ0) is 10.8. The molecule has 0 saturated carbocycles. The summed E-state index contributed by atoms with van der Waals surface area (Å²) in [4.78, 5) is 21.6. The molecule has 0 aromatic heterocycles. The van der Waals surface area contributed by atoms with Crippen molar-refractivity contribution in [1.82, 2.24) is 10.6 Å². The van der Waals surface area contributed by atoms with E-state index in [-0.39, 0.29) is 11.8 Å². The maximum atomic E-state index is 11.1. The zero-order valence-corrected chi connectivity index (χ0v) is 8.76. The van der Waals surface area contributed by atoms with Gasteiger partial charge in [-0.25, -0.2) is 0 Å². The van der Waals surface area contributed by atoms with E-state index in [4.69, 9.17) is 4.74 Å². The van der Waals surface area contributed by atoms with Gasteiger partial charge in [0.25, 0.3) is 0 Å². The molecule has 0 bridgehead atoms. The number of hydrogen-bond donors (Lipinski definition) is 2. The molecule has 2 amide bonds. The number of ether oxygens (including phenoxy) is 1. The molecule has 0 aromatic carbocycles. The van der Waals surface area contributed by atoms with Gasteiger partial charge in [-0.05, 0) is 6.42 Å². The van der Waals surface area contributed by atoms with E-state index in [1.165, 1.54) is 6.92 Å². The highest BCUT2D eigenvalue weighted by atomic mass is 16.5. The van der Waals surface area contributed by atoms with E-state index in [9.17, 15) is 9.59 Å². The van der Waals surface area contributed by atoms with Gasteiger partial charge >= 0.3 is 0 Å². The summed E-state index contributed by atoms with van der Waals surface area (Å²) >= 11 is 0. The van der Waals surface area contributed by atoms with Crippen molar-refractivity contribution in [2.45, 2.75) is 19.8 Å². The lowest BCUT2D eigenvalue weighted by molar-refractivity contribution is -0.122. The molecule has 0 aliphatic carbocycles. The van der Waals surface area contributed by atoms with Crippen molar-refractivity contribution in [3.05, 3.63) is 0 Å². The first-order chi connectivity index (χ1) is 6.66. The van der Waals surface area contributed by atoms with Crippen LogP contribution in [0.5, 0.6) is 0 Å². The smallest absolute Gasteiger partial charge is 0.220 e. The Kier molecular flexibility index (Phi) is 7.83. The second-order valence-electron chi connectivity index (χ2n) is 2.93. The summed E-state index contributed by atoms with van der Waals surface area (Å²) in [6.45, 7) is 3.07. The molecular weight excluding hydrogens is 184 g/mol. The number of carbonyl (C=O) groups is 2. The number of nitrogens with one attached hydrogen (secondary N) is 2. The quantitative estimate of drug-likeness (QED) is 0.555. The van der Waals surface area contributed by atoms with Gasteiger partial charge in [-0.15, -0.1) is 0 Å². The van der Waals surface area contributed by atoms with Gasteiger partial charge < -0.3 is 15.4 Å². The molecule has 5 nitrogen and oxygen atoms in total. The summed E-state index contributed by atoms with van der Waals surface area (Å²) in [6.07, 6.45) is 1.10. The van der Waals surface area contributed by atoms with Crippen LogP contribution in [0.25, 0.3) is 0 Å².